The third-order valence-electron chi connectivity index (χ3n) is 4.68. The Balaban J connectivity index is 1.81. The zero-order chi connectivity index (χ0) is 14.3. The number of rotatable bonds is 3. The summed E-state index contributed by atoms with van der Waals surface area (Å²) in [6.07, 6.45) is 4.75. The molecule has 3 rings (SSSR count). The van der Waals surface area contributed by atoms with Gasteiger partial charge in [0.1, 0.15) is 0 Å². The number of hydrogen-bond donors (Lipinski definition) is 1. The first kappa shape index (κ1) is 13.9. The summed E-state index contributed by atoms with van der Waals surface area (Å²) in [6.45, 7) is 2.10. The molecule has 2 unspecified atom stereocenters. The number of carbonyl (C=O) groups is 1. The lowest BCUT2D eigenvalue weighted by Gasteiger charge is -2.40. The Morgan fingerprint density at radius 1 is 1.35 bits per heavy atom. The van der Waals surface area contributed by atoms with E-state index in [9.17, 15) is 4.79 Å². The SMILES string of the molecule is Cc1ccc(N2C3CCC2CC(CC(=O)O)C3)c(Br)c1. The number of benzene rings is 1. The predicted octanol–water partition coefficient (Wildman–Crippen LogP) is 3.98. The van der Waals surface area contributed by atoms with Crippen molar-refractivity contribution >= 4 is 27.6 Å². The lowest BCUT2D eigenvalue weighted by Crippen LogP contribution is -2.43. The molecule has 2 bridgehead atoms. The van der Waals surface area contributed by atoms with Crippen LogP contribution in [0.1, 0.15) is 37.7 Å². The van der Waals surface area contributed by atoms with E-state index in [0.29, 0.717) is 24.4 Å². The molecule has 0 aliphatic carbocycles. The van der Waals surface area contributed by atoms with Crippen LogP contribution in [0, 0.1) is 12.8 Å². The lowest BCUT2D eigenvalue weighted by molar-refractivity contribution is -0.138. The summed E-state index contributed by atoms with van der Waals surface area (Å²) in [5.74, 6) is -0.301. The summed E-state index contributed by atoms with van der Waals surface area (Å²) in [5, 5.41) is 9.00. The second kappa shape index (κ2) is 5.40. The van der Waals surface area contributed by atoms with Crippen LogP contribution in [0.5, 0.6) is 0 Å². The Hall–Kier alpha value is -1.03. The van der Waals surface area contributed by atoms with Crippen LogP contribution < -0.4 is 4.90 Å². The maximum atomic E-state index is 10.9. The predicted molar refractivity (Wildman–Crippen MR) is 83.1 cm³/mol. The van der Waals surface area contributed by atoms with Crippen LogP contribution in [-0.2, 0) is 4.79 Å². The van der Waals surface area contributed by atoms with Gasteiger partial charge in [0.05, 0.1) is 5.69 Å². The van der Waals surface area contributed by atoms with E-state index in [1.54, 1.807) is 0 Å². The molecule has 2 heterocycles. The summed E-state index contributed by atoms with van der Waals surface area (Å²) >= 11 is 3.69. The van der Waals surface area contributed by atoms with E-state index in [4.69, 9.17) is 5.11 Å². The van der Waals surface area contributed by atoms with Crippen molar-refractivity contribution in [1.29, 1.82) is 0 Å². The van der Waals surface area contributed by atoms with Gasteiger partial charge in [-0.3, -0.25) is 4.79 Å². The molecule has 2 aliphatic heterocycles. The summed E-state index contributed by atoms with van der Waals surface area (Å²) in [5.41, 5.74) is 2.53. The van der Waals surface area contributed by atoms with E-state index in [-0.39, 0.29) is 0 Å². The van der Waals surface area contributed by atoms with Crippen molar-refractivity contribution in [2.45, 2.75) is 51.1 Å². The zero-order valence-electron chi connectivity index (χ0n) is 11.7. The van der Waals surface area contributed by atoms with Gasteiger partial charge in [0, 0.05) is 23.0 Å². The van der Waals surface area contributed by atoms with Crippen molar-refractivity contribution in [3.8, 4) is 0 Å². The van der Waals surface area contributed by atoms with Crippen LogP contribution in [0.3, 0.4) is 0 Å². The average Bonchev–Trinajstić information content (AvgIpc) is 2.62. The highest BCUT2D eigenvalue weighted by Gasteiger charge is 2.41. The van der Waals surface area contributed by atoms with E-state index in [1.165, 1.54) is 24.1 Å². The van der Waals surface area contributed by atoms with Gasteiger partial charge in [0.15, 0.2) is 0 Å². The first-order valence-corrected chi connectivity index (χ1v) is 8.10. The average molecular weight is 338 g/mol. The molecule has 4 heteroatoms. The van der Waals surface area contributed by atoms with Crippen LogP contribution in [-0.4, -0.2) is 23.2 Å². The molecule has 0 amide bonds. The van der Waals surface area contributed by atoms with Crippen LogP contribution in [0.25, 0.3) is 0 Å². The molecule has 1 aromatic rings. The van der Waals surface area contributed by atoms with E-state index in [0.717, 1.165) is 17.3 Å². The monoisotopic (exact) mass is 337 g/mol. The van der Waals surface area contributed by atoms with Gasteiger partial charge in [-0.2, -0.15) is 0 Å². The molecule has 0 aromatic heterocycles. The fourth-order valence-corrected chi connectivity index (χ4v) is 4.62. The smallest absolute Gasteiger partial charge is 0.303 e. The van der Waals surface area contributed by atoms with Crippen LogP contribution in [0.4, 0.5) is 5.69 Å². The van der Waals surface area contributed by atoms with Crippen molar-refractivity contribution in [3.63, 3.8) is 0 Å². The molecule has 0 radical (unpaired) electrons. The zero-order valence-corrected chi connectivity index (χ0v) is 13.3. The quantitative estimate of drug-likeness (QED) is 0.906. The molecule has 2 saturated heterocycles. The highest BCUT2D eigenvalue weighted by molar-refractivity contribution is 9.10. The topological polar surface area (TPSA) is 40.5 Å². The molecule has 1 N–H and O–H groups in total. The number of hydrogen-bond acceptors (Lipinski definition) is 2. The first-order chi connectivity index (χ1) is 9.54. The molecule has 0 saturated carbocycles. The van der Waals surface area contributed by atoms with E-state index in [1.807, 2.05) is 0 Å². The fraction of sp³-hybridized carbons (Fsp3) is 0.562. The molecule has 0 spiro atoms. The summed E-state index contributed by atoms with van der Waals surface area (Å²) in [4.78, 5) is 13.5. The van der Waals surface area contributed by atoms with Crippen molar-refractivity contribution < 1.29 is 9.90 Å². The number of aryl methyl sites for hydroxylation is 1. The Morgan fingerprint density at radius 3 is 2.55 bits per heavy atom. The molecule has 1 aromatic carbocycles. The standard InChI is InChI=1S/C16H20BrNO2/c1-10-2-5-15(14(17)6-10)18-12-3-4-13(18)8-11(7-12)9-16(19)20/h2,5-6,11-13H,3-4,7-9H2,1H3,(H,19,20). The van der Waals surface area contributed by atoms with Gasteiger partial charge in [-0.25, -0.2) is 0 Å². The molecular weight excluding hydrogens is 318 g/mol. The molecular formula is C16H20BrNO2. The van der Waals surface area contributed by atoms with Gasteiger partial charge in [0.2, 0.25) is 0 Å². The third kappa shape index (κ3) is 2.58. The fourth-order valence-electron chi connectivity index (χ4n) is 3.92. The van der Waals surface area contributed by atoms with E-state index in [2.05, 4.69) is 46.0 Å². The molecule has 3 nitrogen and oxygen atoms in total. The van der Waals surface area contributed by atoms with Crippen LogP contribution in [0.15, 0.2) is 22.7 Å². The largest absolute Gasteiger partial charge is 0.481 e. The van der Waals surface area contributed by atoms with Gasteiger partial charge < -0.3 is 10.0 Å². The maximum absolute atomic E-state index is 10.9. The van der Waals surface area contributed by atoms with E-state index >= 15 is 0 Å². The maximum Gasteiger partial charge on any atom is 0.303 e. The summed E-state index contributed by atoms with van der Waals surface area (Å²) < 4.78 is 1.16. The van der Waals surface area contributed by atoms with Crippen molar-refractivity contribution in [2.75, 3.05) is 4.90 Å². The third-order valence-corrected chi connectivity index (χ3v) is 5.31. The minimum atomic E-state index is -0.653. The van der Waals surface area contributed by atoms with Gasteiger partial charge in [0.25, 0.3) is 0 Å². The minimum absolute atomic E-state index is 0.329. The highest BCUT2D eigenvalue weighted by Crippen LogP contribution is 2.44. The van der Waals surface area contributed by atoms with Crippen LogP contribution in [0.2, 0.25) is 0 Å². The Kier molecular flexibility index (Phi) is 3.76. The summed E-state index contributed by atoms with van der Waals surface area (Å²) in [6, 6.07) is 7.54. The number of carboxylic acid groups (broad SMARTS) is 1. The normalized spacial score (nSPS) is 28.7. The number of halogens is 1. The van der Waals surface area contributed by atoms with Crippen molar-refractivity contribution in [2.24, 2.45) is 5.92 Å². The second-order valence-corrected chi connectivity index (χ2v) is 7.04. The Labute approximate surface area is 128 Å². The van der Waals surface area contributed by atoms with Crippen molar-refractivity contribution in [3.05, 3.63) is 28.2 Å². The second-order valence-electron chi connectivity index (χ2n) is 6.18. The first-order valence-electron chi connectivity index (χ1n) is 7.31. The lowest BCUT2D eigenvalue weighted by atomic mass is 9.88. The molecule has 20 heavy (non-hydrogen) atoms. The Morgan fingerprint density at radius 2 is 2.00 bits per heavy atom. The molecule has 2 atom stereocenters. The number of aliphatic carboxylic acids is 1. The molecule has 108 valence electrons. The number of nitrogens with zero attached hydrogens (tertiary/aromatic N) is 1. The molecule has 2 fully saturated rings. The van der Waals surface area contributed by atoms with Gasteiger partial charge in [-0.05, 0) is 72.2 Å². The van der Waals surface area contributed by atoms with E-state index < -0.39 is 5.97 Å². The number of piperidine rings is 1. The highest BCUT2D eigenvalue weighted by atomic mass is 79.9. The number of carboxylic acids is 1. The van der Waals surface area contributed by atoms with Gasteiger partial charge >= 0.3 is 5.97 Å². The summed E-state index contributed by atoms with van der Waals surface area (Å²) in [7, 11) is 0. The number of anilines is 1. The Bertz CT molecular complexity index is 517. The van der Waals surface area contributed by atoms with Gasteiger partial charge in [-0.15, -0.1) is 0 Å². The molecule has 2 aliphatic rings. The van der Waals surface area contributed by atoms with Crippen molar-refractivity contribution in [1.82, 2.24) is 0 Å². The van der Waals surface area contributed by atoms with Gasteiger partial charge in [-0.1, -0.05) is 6.07 Å². The minimum Gasteiger partial charge on any atom is -0.481 e. The number of fused-ring (bicyclic) bond motifs is 2. The van der Waals surface area contributed by atoms with Crippen LogP contribution >= 0.6 is 15.9 Å².